The highest BCUT2D eigenvalue weighted by atomic mass is 19.1. The Balaban J connectivity index is 2.10. The van der Waals surface area contributed by atoms with E-state index in [4.69, 9.17) is 4.74 Å². The van der Waals surface area contributed by atoms with Gasteiger partial charge in [0.15, 0.2) is 0 Å². The fourth-order valence-corrected chi connectivity index (χ4v) is 2.33. The molecule has 1 N–H and O–H groups in total. The van der Waals surface area contributed by atoms with Crippen LogP contribution in [0.15, 0.2) is 36.4 Å². The van der Waals surface area contributed by atoms with Gasteiger partial charge < -0.3 is 10.1 Å². The smallest absolute Gasteiger partial charge is 0.127 e. The molecule has 0 bridgehead atoms. The first-order valence-corrected chi connectivity index (χ1v) is 6.71. The van der Waals surface area contributed by atoms with Gasteiger partial charge in [0, 0.05) is 12.6 Å². The maximum atomic E-state index is 13.5. The molecule has 2 rings (SSSR count). The summed E-state index contributed by atoms with van der Waals surface area (Å²) < 4.78 is 19.2. The third kappa shape index (κ3) is 4.07. The molecule has 20 heavy (non-hydrogen) atoms. The molecule has 0 aromatic heterocycles. The third-order valence-corrected chi connectivity index (χ3v) is 3.00. The monoisotopic (exact) mass is 273 g/mol. The molecule has 0 saturated heterocycles. The van der Waals surface area contributed by atoms with Crippen LogP contribution in [0.5, 0.6) is 5.75 Å². The lowest BCUT2D eigenvalue weighted by Crippen LogP contribution is -2.06. The summed E-state index contributed by atoms with van der Waals surface area (Å²) in [5, 5.41) is 3.00. The predicted octanol–water partition coefficient (Wildman–Crippen LogP) is 3.74. The molecule has 2 aromatic rings. The van der Waals surface area contributed by atoms with Crippen LogP contribution in [0.3, 0.4) is 0 Å². The zero-order valence-corrected chi connectivity index (χ0v) is 12.2. The number of halogens is 1. The number of hydrogen-bond acceptors (Lipinski definition) is 2. The highest BCUT2D eigenvalue weighted by Crippen LogP contribution is 2.18. The number of nitrogens with one attached hydrogen (secondary N) is 1. The van der Waals surface area contributed by atoms with Gasteiger partial charge in [0.2, 0.25) is 0 Å². The van der Waals surface area contributed by atoms with E-state index in [0.29, 0.717) is 18.9 Å². The molecule has 0 spiro atoms. The van der Waals surface area contributed by atoms with Crippen molar-refractivity contribution >= 4 is 0 Å². The van der Waals surface area contributed by atoms with Crippen molar-refractivity contribution in [1.82, 2.24) is 5.32 Å². The lowest BCUT2D eigenvalue weighted by molar-refractivity contribution is 0.304. The lowest BCUT2D eigenvalue weighted by Gasteiger charge is -2.10. The van der Waals surface area contributed by atoms with Gasteiger partial charge in [-0.2, -0.15) is 0 Å². The molecule has 2 aromatic carbocycles. The molecule has 2 nitrogen and oxygen atoms in total. The van der Waals surface area contributed by atoms with E-state index in [-0.39, 0.29) is 5.82 Å². The summed E-state index contributed by atoms with van der Waals surface area (Å²) in [5.41, 5.74) is 4.39. The Morgan fingerprint density at radius 3 is 2.30 bits per heavy atom. The Kier molecular flexibility index (Phi) is 4.74. The molecular formula is C17H20FNO. The zero-order chi connectivity index (χ0) is 14.5. The summed E-state index contributed by atoms with van der Waals surface area (Å²) in [7, 11) is 1.83. The van der Waals surface area contributed by atoms with E-state index in [2.05, 4.69) is 37.4 Å². The number of aryl methyl sites for hydroxylation is 2. The van der Waals surface area contributed by atoms with E-state index < -0.39 is 0 Å². The van der Waals surface area contributed by atoms with Gasteiger partial charge in [-0.1, -0.05) is 29.3 Å². The summed E-state index contributed by atoms with van der Waals surface area (Å²) in [6.45, 7) is 5.19. The Hall–Kier alpha value is -1.87. The van der Waals surface area contributed by atoms with Crippen molar-refractivity contribution in [2.45, 2.75) is 27.0 Å². The van der Waals surface area contributed by atoms with E-state index >= 15 is 0 Å². The van der Waals surface area contributed by atoms with Crippen LogP contribution in [0, 0.1) is 19.7 Å². The number of rotatable bonds is 5. The lowest BCUT2D eigenvalue weighted by atomic mass is 10.1. The van der Waals surface area contributed by atoms with Crippen LogP contribution >= 0.6 is 0 Å². The van der Waals surface area contributed by atoms with E-state index in [1.165, 1.54) is 23.3 Å². The van der Waals surface area contributed by atoms with Crippen LogP contribution in [0.1, 0.15) is 22.3 Å². The van der Waals surface area contributed by atoms with Gasteiger partial charge in [-0.15, -0.1) is 0 Å². The Morgan fingerprint density at radius 2 is 1.65 bits per heavy atom. The molecule has 0 atom stereocenters. The Morgan fingerprint density at radius 1 is 0.950 bits per heavy atom. The molecule has 0 heterocycles. The fraction of sp³-hybridized carbons (Fsp3) is 0.294. The normalized spacial score (nSPS) is 10.6. The Labute approximate surface area is 119 Å². The predicted molar refractivity (Wildman–Crippen MR) is 79.4 cm³/mol. The fourth-order valence-electron chi connectivity index (χ4n) is 2.33. The molecule has 0 aliphatic rings. The van der Waals surface area contributed by atoms with Crippen molar-refractivity contribution in [3.05, 3.63) is 64.5 Å². The summed E-state index contributed by atoms with van der Waals surface area (Å²) in [4.78, 5) is 0. The minimum Gasteiger partial charge on any atom is -0.489 e. The second kappa shape index (κ2) is 6.53. The summed E-state index contributed by atoms with van der Waals surface area (Å²) in [6.07, 6.45) is 0. The van der Waals surface area contributed by atoms with E-state index in [1.54, 1.807) is 0 Å². The molecule has 0 fully saturated rings. The minimum atomic E-state index is -0.270. The quantitative estimate of drug-likeness (QED) is 0.896. The van der Waals surface area contributed by atoms with Gasteiger partial charge in [-0.05, 0) is 44.2 Å². The van der Waals surface area contributed by atoms with Crippen molar-refractivity contribution in [1.29, 1.82) is 0 Å². The van der Waals surface area contributed by atoms with Crippen LogP contribution in [0.4, 0.5) is 4.39 Å². The standard InChI is InChI=1S/C17H20FNO/c1-12-4-13(2)6-15(5-12)11-20-17-8-14(10-19-3)7-16(18)9-17/h4-9,19H,10-11H2,1-3H3. The van der Waals surface area contributed by atoms with Crippen molar-refractivity contribution in [3.63, 3.8) is 0 Å². The molecule has 106 valence electrons. The maximum Gasteiger partial charge on any atom is 0.127 e. The second-order valence-electron chi connectivity index (χ2n) is 5.11. The van der Waals surface area contributed by atoms with E-state index in [9.17, 15) is 4.39 Å². The number of benzene rings is 2. The van der Waals surface area contributed by atoms with Gasteiger partial charge in [-0.3, -0.25) is 0 Å². The van der Waals surface area contributed by atoms with Gasteiger partial charge >= 0.3 is 0 Å². The number of hydrogen-bond donors (Lipinski definition) is 1. The first-order chi connectivity index (χ1) is 9.56. The maximum absolute atomic E-state index is 13.5. The first kappa shape index (κ1) is 14.5. The van der Waals surface area contributed by atoms with Crippen molar-refractivity contribution in [2.24, 2.45) is 0 Å². The molecule has 0 amide bonds. The van der Waals surface area contributed by atoms with Gasteiger partial charge in [0.25, 0.3) is 0 Å². The molecule has 0 aliphatic heterocycles. The molecule has 3 heteroatoms. The minimum absolute atomic E-state index is 0.270. The topological polar surface area (TPSA) is 21.3 Å². The molecule has 0 saturated carbocycles. The molecular weight excluding hydrogens is 253 g/mol. The summed E-state index contributed by atoms with van der Waals surface area (Å²) in [5.74, 6) is 0.294. The van der Waals surface area contributed by atoms with E-state index in [1.807, 2.05) is 13.1 Å². The average molecular weight is 273 g/mol. The zero-order valence-electron chi connectivity index (χ0n) is 12.2. The van der Waals surface area contributed by atoms with Crippen LogP contribution in [-0.2, 0) is 13.2 Å². The van der Waals surface area contributed by atoms with Gasteiger partial charge in [0.1, 0.15) is 18.2 Å². The average Bonchev–Trinajstić information content (AvgIpc) is 2.35. The third-order valence-electron chi connectivity index (χ3n) is 3.00. The molecule has 0 radical (unpaired) electrons. The molecule has 0 unspecified atom stereocenters. The van der Waals surface area contributed by atoms with Crippen LogP contribution in [-0.4, -0.2) is 7.05 Å². The SMILES string of the molecule is CNCc1cc(F)cc(OCc2cc(C)cc(C)c2)c1. The highest BCUT2D eigenvalue weighted by molar-refractivity contribution is 5.31. The van der Waals surface area contributed by atoms with Crippen LogP contribution in [0.2, 0.25) is 0 Å². The van der Waals surface area contributed by atoms with Crippen molar-refractivity contribution in [2.75, 3.05) is 7.05 Å². The summed E-state index contributed by atoms with van der Waals surface area (Å²) >= 11 is 0. The van der Waals surface area contributed by atoms with Crippen LogP contribution < -0.4 is 10.1 Å². The number of ether oxygens (including phenoxy) is 1. The first-order valence-electron chi connectivity index (χ1n) is 6.71. The second-order valence-corrected chi connectivity index (χ2v) is 5.11. The largest absolute Gasteiger partial charge is 0.489 e. The van der Waals surface area contributed by atoms with Gasteiger partial charge in [0.05, 0.1) is 0 Å². The van der Waals surface area contributed by atoms with E-state index in [0.717, 1.165) is 11.1 Å². The van der Waals surface area contributed by atoms with Crippen molar-refractivity contribution in [3.8, 4) is 5.75 Å². The summed E-state index contributed by atoms with van der Waals surface area (Å²) in [6, 6.07) is 11.1. The highest BCUT2D eigenvalue weighted by Gasteiger charge is 2.03. The Bertz CT molecular complexity index is 575. The molecule has 0 aliphatic carbocycles. The van der Waals surface area contributed by atoms with Crippen LogP contribution in [0.25, 0.3) is 0 Å². The van der Waals surface area contributed by atoms with Gasteiger partial charge in [-0.25, -0.2) is 4.39 Å². The van der Waals surface area contributed by atoms with Crippen molar-refractivity contribution < 1.29 is 9.13 Å².